The summed E-state index contributed by atoms with van der Waals surface area (Å²) in [5, 5.41) is 19.8. The molecule has 4 rings (SSSR count). The molecule has 10 nitrogen and oxygen atoms in total. The first kappa shape index (κ1) is 27.1. The average Bonchev–Trinajstić information content (AvgIpc) is 2.86. The zero-order chi connectivity index (χ0) is 27.6. The quantitative estimate of drug-likeness (QED) is 0.320. The van der Waals surface area contributed by atoms with E-state index in [0.29, 0.717) is 24.1 Å². The van der Waals surface area contributed by atoms with E-state index < -0.39 is 15.9 Å². The van der Waals surface area contributed by atoms with Crippen LogP contribution in [0.5, 0.6) is 11.5 Å². The number of phenolic OH excluding ortho intramolecular Hbond substituents is 2. The van der Waals surface area contributed by atoms with Gasteiger partial charge in [0.05, 0.1) is 11.3 Å². The maximum atomic E-state index is 13.4. The molecule has 3 aromatic rings. The number of phenols is 2. The van der Waals surface area contributed by atoms with Crippen molar-refractivity contribution in [1.29, 1.82) is 0 Å². The number of carbonyl (C=O) groups is 2. The van der Waals surface area contributed by atoms with E-state index in [9.17, 15) is 28.2 Å². The Bertz CT molecular complexity index is 1510. The highest BCUT2D eigenvalue weighted by atomic mass is 32.2. The summed E-state index contributed by atoms with van der Waals surface area (Å²) >= 11 is 0. The number of pyridine rings is 1. The van der Waals surface area contributed by atoms with Gasteiger partial charge in [0.25, 0.3) is 5.91 Å². The van der Waals surface area contributed by atoms with Gasteiger partial charge in [0.1, 0.15) is 16.4 Å². The molecule has 0 aliphatic carbocycles. The van der Waals surface area contributed by atoms with Crippen LogP contribution in [0, 0.1) is 6.92 Å². The lowest BCUT2D eigenvalue weighted by Gasteiger charge is -2.35. The maximum absolute atomic E-state index is 13.4. The van der Waals surface area contributed by atoms with E-state index in [-0.39, 0.29) is 46.9 Å². The van der Waals surface area contributed by atoms with Crippen molar-refractivity contribution >= 4 is 27.5 Å². The first-order valence-corrected chi connectivity index (χ1v) is 13.7. The monoisotopic (exact) mass is 538 g/mol. The third kappa shape index (κ3) is 5.63. The molecule has 1 atom stereocenters. The summed E-state index contributed by atoms with van der Waals surface area (Å²) < 4.78 is 27.7. The Balaban J connectivity index is 1.59. The lowest BCUT2D eigenvalue weighted by molar-refractivity contribution is -0.118. The van der Waals surface area contributed by atoms with Crippen LogP contribution in [-0.4, -0.2) is 48.0 Å². The molecule has 0 saturated carbocycles. The molecule has 0 fully saturated rings. The Labute approximate surface area is 221 Å². The number of amides is 2. The Morgan fingerprint density at radius 1 is 1.16 bits per heavy atom. The molecule has 0 saturated heterocycles. The van der Waals surface area contributed by atoms with Crippen LogP contribution >= 0.6 is 0 Å². The van der Waals surface area contributed by atoms with Gasteiger partial charge in [-0.3, -0.25) is 14.6 Å². The van der Waals surface area contributed by atoms with Crippen molar-refractivity contribution in [2.24, 2.45) is 5.73 Å². The summed E-state index contributed by atoms with van der Waals surface area (Å²) in [6, 6.07) is 11.0. The van der Waals surface area contributed by atoms with Crippen molar-refractivity contribution in [2.45, 2.75) is 50.5 Å². The second kappa shape index (κ2) is 10.8. The maximum Gasteiger partial charge on any atom is 0.262 e. The standard InChI is InChI=1S/C27H30N4O6S/c1-16-12-21(38(36,37)30-11-3-4-25(28)34)15-29-26(16)19-7-10-23-18(13-19)6-5-17(2)31(23)27(35)22-9-8-20(32)14-24(22)33/h7-10,12-15,17,30,32-33H,3-6,11H2,1-2H3,(H2,28,34)/t17-/m0/s1. The lowest BCUT2D eigenvalue weighted by Crippen LogP contribution is -2.42. The lowest BCUT2D eigenvalue weighted by atomic mass is 9.92. The van der Waals surface area contributed by atoms with Crippen molar-refractivity contribution in [3.8, 4) is 22.8 Å². The predicted molar refractivity (Wildman–Crippen MR) is 142 cm³/mol. The highest BCUT2D eigenvalue weighted by Crippen LogP contribution is 2.37. The number of hydrogen-bond donors (Lipinski definition) is 4. The first-order valence-electron chi connectivity index (χ1n) is 12.2. The number of hydrogen-bond acceptors (Lipinski definition) is 7. The van der Waals surface area contributed by atoms with Gasteiger partial charge in [0.15, 0.2) is 0 Å². The molecular formula is C27H30N4O6S. The summed E-state index contributed by atoms with van der Waals surface area (Å²) in [5.74, 6) is -1.27. The zero-order valence-corrected chi connectivity index (χ0v) is 22.0. The normalized spacial score (nSPS) is 15.2. The number of aromatic nitrogens is 1. The Hall–Kier alpha value is -3.96. The fourth-order valence-corrected chi connectivity index (χ4v) is 5.69. The van der Waals surface area contributed by atoms with Crippen LogP contribution in [0.2, 0.25) is 0 Å². The van der Waals surface area contributed by atoms with Crippen LogP contribution in [0.4, 0.5) is 5.69 Å². The number of nitrogens with zero attached hydrogens (tertiary/aromatic N) is 2. The highest BCUT2D eigenvalue weighted by molar-refractivity contribution is 7.89. The highest BCUT2D eigenvalue weighted by Gasteiger charge is 2.31. The summed E-state index contributed by atoms with van der Waals surface area (Å²) in [5.41, 5.74) is 8.92. The number of rotatable bonds is 8. The smallest absolute Gasteiger partial charge is 0.262 e. The second-order valence-corrected chi connectivity index (χ2v) is 11.2. The number of nitrogens with one attached hydrogen (secondary N) is 1. The van der Waals surface area contributed by atoms with Crippen LogP contribution < -0.4 is 15.4 Å². The predicted octanol–water partition coefficient (Wildman–Crippen LogP) is 2.99. The molecule has 5 N–H and O–H groups in total. The van der Waals surface area contributed by atoms with Crippen LogP contribution in [0.3, 0.4) is 0 Å². The van der Waals surface area contributed by atoms with E-state index >= 15 is 0 Å². The summed E-state index contributed by atoms with van der Waals surface area (Å²) in [7, 11) is -3.79. The molecule has 0 bridgehead atoms. The van der Waals surface area contributed by atoms with Gasteiger partial charge in [-0.1, -0.05) is 6.07 Å². The van der Waals surface area contributed by atoms with Crippen molar-refractivity contribution in [3.63, 3.8) is 0 Å². The van der Waals surface area contributed by atoms with E-state index in [2.05, 4.69) is 9.71 Å². The summed E-state index contributed by atoms with van der Waals surface area (Å²) in [6.07, 6.45) is 3.14. The number of carbonyl (C=O) groups excluding carboxylic acids is 2. The minimum Gasteiger partial charge on any atom is -0.508 e. The van der Waals surface area contributed by atoms with Crippen LogP contribution in [0.25, 0.3) is 11.3 Å². The molecule has 1 aliphatic heterocycles. The van der Waals surface area contributed by atoms with Crippen LogP contribution in [0.15, 0.2) is 53.6 Å². The van der Waals surface area contributed by atoms with Gasteiger partial charge in [-0.15, -0.1) is 0 Å². The van der Waals surface area contributed by atoms with Gasteiger partial charge in [-0.05, 0) is 74.6 Å². The second-order valence-electron chi connectivity index (χ2n) is 9.41. The minimum atomic E-state index is -3.79. The summed E-state index contributed by atoms with van der Waals surface area (Å²) in [4.78, 5) is 30.3. The topological polar surface area (TPSA) is 163 Å². The molecule has 38 heavy (non-hydrogen) atoms. The van der Waals surface area contributed by atoms with Crippen LogP contribution in [0.1, 0.15) is 47.7 Å². The Morgan fingerprint density at radius 2 is 1.92 bits per heavy atom. The van der Waals surface area contributed by atoms with E-state index in [1.807, 2.05) is 25.1 Å². The molecule has 1 aliphatic rings. The third-order valence-electron chi connectivity index (χ3n) is 6.57. The Kier molecular flexibility index (Phi) is 7.70. The van der Waals surface area contributed by atoms with E-state index in [4.69, 9.17) is 5.73 Å². The number of primary amides is 1. The molecule has 1 aromatic heterocycles. The number of benzene rings is 2. The molecular weight excluding hydrogens is 508 g/mol. The van der Waals surface area contributed by atoms with Crippen molar-refractivity contribution in [3.05, 3.63) is 65.4 Å². The van der Waals surface area contributed by atoms with Crippen molar-refractivity contribution in [1.82, 2.24) is 9.71 Å². The van der Waals surface area contributed by atoms with Crippen molar-refractivity contribution < 1.29 is 28.2 Å². The first-order chi connectivity index (χ1) is 18.0. The van der Waals surface area contributed by atoms with Gasteiger partial charge in [-0.25, -0.2) is 13.1 Å². The zero-order valence-electron chi connectivity index (χ0n) is 21.1. The van der Waals surface area contributed by atoms with Gasteiger partial charge >= 0.3 is 0 Å². The van der Waals surface area contributed by atoms with Gasteiger partial charge in [0.2, 0.25) is 15.9 Å². The number of aryl methyl sites for hydroxylation is 2. The number of aromatic hydroxyl groups is 2. The number of anilines is 1. The number of sulfonamides is 1. The van der Waals surface area contributed by atoms with Gasteiger partial charge < -0.3 is 20.8 Å². The fourth-order valence-electron chi connectivity index (χ4n) is 4.59. The SMILES string of the molecule is Cc1cc(S(=O)(=O)NCCCC(N)=O)cnc1-c1ccc2c(c1)CC[C@H](C)N2C(=O)c1ccc(O)cc1O. The van der Waals surface area contributed by atoms with Crippen molar-refractivity contribution in [2.75, 3.05) is 11.4 Å². The molecule has 0 unspecified atom stereocenters. The largest absolute Gasteiger partial charge is 0.508 e. The fraction of sp³-hybridized carbons (Fsp3) is 0.296. The van der Waals surface area contributed by atoms with E-state index in [1.165, 1.54) is 18.3 Å². The van der Waals surface area contributed by atoms with E-state index in [0.717, 1.165) is 29.3 Å². The van der Waals surface area contributed by atoms with Crippen LogP contribution in [-0.2, 0) is 21.2 Å². The summed E-state index contributed by atoms with van der Waals surface area (Å²) in [6.45, 7) is 3.81. The molecule has 0 radical (unpaired) electrons. The molecule has 200 valence electrons. The van der Waals surface area contributed by atoms with E-state index in [1.54, 1.807) is 17.9 Å². The molecule has 2 aromatic carbocycles. The molecule has 11 heteroatoms. The molecule has 2 amide bonds. The molecule has 0 spiro atoms. The Morgan fingerprint density at radius 3 is 2.61 bits per heavy atom. The minimum absolute atomic E-state index is 0.0232. The molecule has 2 heterocycles. The average molecular weight is 539 g/mol. The number of fused-ring (bicyclic) bond motifs is 1. The van der Waals surface area contributed by atoms with Gasteiger partial charge in [0, 0.05) is 42.5 Å². The van der Waals surface area contributed by atoms with Gasteiger partial charge in [-0.2, -0.15) is 0 Å². The number of nitrogens with two attached hydrogens (primary N) is 1. The third-order valence-corrected chi connectivity index (χ3v) is 8.00.